The summed E-state index contributed by atoms with van der Waals surface area (Å²) >= 11 is 0. The van der Waals surface area contributed by atoms with Crippen molar-refractivity contribution >= 4 is 0 Å². The monoisotopic (exact) mass is 253 g/mol. The van der Waals surface area contributed by atoms with Crippen LogP contribution in [0.25, 0.3) is 0 Å². The number of benzene rings is 1. The second-order valence-electron chi connectivity index (χ2n) is 4.96. The second kappa shape index (κ2) is 6.74. The second-order valence-corrected chi connectivity index (χ2v) is 4.96. The Bertz CT molecular complexity index is 377. The van der Waals surface area contributed by atoms with Crippen LogP contribution >= 0.6 is 0 Å². The molecular weight excluding hydrogens is 229 g/mol. The number of phenols is 1. The van der Waals surface area contributed by atoms with Crippen molar-refractivity contribution in [2.45, 2.75) is 52.6 Å². The lowest BCUT2D eigenvalue weighted by atomic mass is 9.94. The molecule has 0 spiro atoms. The molecule has 3 heteroatoms. The van der Waals surface area contributed by atoms with Crippen LogP contribution in [0.3, 0.4) is 0 Å². The molecule has 2 atom stereocenters. The minimum absolute atomic E-state index is 0.0150. The van der Waals surface area contributed by atoms with Crippen LogP contribution in [0.1, 0.15) is 52.1 Å². The average Bonchev–Trinajstić information content (AvgIpc) is 2.30. The van der Waals surface area contributed by atoms with E-state index in [1.165, 1.54) is 6.07 Å². The summed E-state index contributed by atoms with van der Waals surface area (Å²) in [6.45, 7) is 8.53. The molecule has 0 bridgehead atoms. The van der Waals surface area contributed by atoms with Gasteiger partial charge in [-0.05, 0) is 25.8 Å². The first-order valence-corrected chi connectivity index (χ1v) is 6.74. The van der Waals surface area contributed by atoms with Crippen LogP contribution in [0, 0.1) is 11.7 Å². The number of nitrogens with one attached hydrogen (secondary N) is 1. The van der Waals surface area contributed by atoms with Crippen molar-refractivity contribution in [1.82, 2.24) is 5.32 Å². The van der Waals surface area contributed by atoms with Gasteiger partial charge in [0.25, 0.3) is 0 Å². The van der Waals surface area contributed by atoms with E-state index in [2.05, 4.69) is 26.1 Å². The van der Waals surface area contributed by atoms with E-state index in [1.807, 2.05) is 6.92 Å². The normalized spacial score (nSPS) is 14.8. The van der Waals surface area contributed by atoms with Crippen LogP contribution in [0.5, 0.6) is 5.75 Å². The molecule has 0 aliphatic heterocycles. The molecule has 0 heterocycles. The molecule has 1 aromatic carbocycles. The average molecular weight is 253 g/mol. The highest BCUT2D eigenvalue weighted by Gasteiger charge is 2.18. The summed E-state index contributed by atoms with van der Waals surface area (Å²) in [4.78, 5) is 0. The van der Waals surface area contributed by atoms with Gasteiger partial charge in [-0.3, -0.25) is 0 Å². The van der Waals surface area contributed by atoms with Gasteiger partial charge in [0.1, 0.15) is 11.6 Å². The standard InChI is InChI=1S/C15H24FNO/c1-5-12(6-2)10(3)17-11(4)14-8-7-13(16)9-15(14)18/h7-12,17-18H,5-6H2,1-4H3. The van der Waals surface area contributed by atoms with Gasteiger partial charge in [0.15, 0.2) is 0 Å². The molecule has 0 fully saturated rings. The van der Waals surface area contributed by atoms with Crippen molar-refractivity contribution in [3.8, 4) is 5.75 Å². The van der Waals surface area contributed by atoms with E-state index in [4.69, 9.17) is 0 Å². The third kappa shape index (κ3) is 3.70. The summed E-state index contributed by atoms with van der Waals surface area (Å²) in [6, 6.07) is 4.58. The van der Waals surface area contributed by atoms with Gasteiger partial charge in [-0.1, -0.05) is 32.8 Å². The highest BCUT2D eigenvalue weighted by atomic mass is 19.1. The van der Waals surface area contributed by atoms with E-state index in [1.54, 1.807) is 6.07 Å². The van der Waals surface area contributed by atoms with Crippen molar-refractivity contribution in [1.29, 1.82) is 0 Å². The Kier molecular flexibility index (Phi) is 5.60. The van der Waals surface area contributed by atoms with Gasteiger partial charge in [-0.2, -0.15) is 0 Å². The Labute approximate surface area is 109 Å². The lowest BCUT2D eigenvalue weighted by Crippen LogP contribution is -2.35. The van der Waals surface area contributed by atoms with Crippen LogP contribution in [0.2, 0.25) is 0 Å². The molecule has 0 aliphatic carbocycles. The maximum atomic E-state index is 12.9. The summed E-state index contributed by atoms with van der Waals surface area (Å²) in [5, 5.41) is 13.2. The van der Waals surface area contributed by atoms with Gasteiger partial charge >= 0.3 is 0 Å². The SMILES string of the molecule is CCC(CC)C(C)NC(C)c1ccc(F)cc1O. The quantitative estimate of drug-likeness (QED) is 0.803. The lowest BCUT2D eigenvalue weighted by Gasteiger charge is -2.27. The van der Waals surface area contributed by atoms with Crippen molar-refractivity contribution in [2.75, 3.05) is 0 Å². The predicted molar refractivity (Wildman–Crippen MR) is 73.1 cm³/mol. The molecular formula is C15H24FNO. The summed E-state index contributed by atoms with van der Waals surface area (Å²) in [5.41, 5.74) is 0.745. The third-order valence-electron chi connectivity index (χ3n) is 3.73. The molecule has 1 rings (SSSR count). The topological polar surface area (TPSA) is 32.3 Å². The number of rotatable bonds is 6. The van der Waals surface area contributed by atoms with Gasteiger partial charge in [-0.15, -0.1) is 0 Å². The Hall–Kier alpha value is -1.09. The van der Waals surface area contributed by atoms with E-state index in [9.17, 15) is 9.50 Å². The van der Waals surface area contributed by atoms with Crippen LogP contribution in [0.4, 0.5) is 4.39 Å². The molecule has 0 aromatic heterocycles. The molecule has 2 unspecified atom stereocenters. The molecule has 0 amide bonds. The maximum Gasteiger partial charge on any atom is 0.126 e. The Balaban J connectivity index is 2.72. The van der Waals surface area contributed by atoms with Crippen LogP contribution < -0.4 is 5.32 Å². The molecule has 102 valence electrons. The van der Waals surface area contributed by atoms with Gasteiger partial charge in [-0.25, -0.2) is 4.39 Å². The van der Waals surface area contributed by atoms with Gasteiger partial charge in [0, 0.05) is 23.7 Å². The number of hydrogen-bond donors (Lipinski definition) is 2. The third-order valence-corrected chi connectivity index (χ3v) is 3.73. The fraction of sp³-hybridized carbons (Fsp3) is 0.600. The van der Waals surface area contributed by atoms with Crippen molar-refractivity contribution in [2.24, 2.45) is 5.92 Å². The van der Waals surface area contributed by atoms with Crippen LogP contribution in [-0.4, -0.2) is 11.1 Å². The molecule has 0 aliphatic rings. The zero-order chi connectivity index (χ0) is 13.7. The number of phenolic OH excluding ortho intramolecular Hbond substituents is 1. The first-order valence-electron chi connectivity index (χ1n) is 6.74. The van der Waals surface area contributed by atoms with Crippen LogP contribution in [-0.2, 0) is 0 Å². The number of halogens is 1. The molecule has 2 nitrogen and oxygen atoms in total. The Morgan fingerprint density at radius 1 is 1.22 bits per heavy atom. The highest BCUT2D eigenvalue weighted by Crippen LogP contribution is 2.26. The molecule has 18 heavy (non-hydrogen) atoms. The minimum Gasteiger partial charge on any atom is -0.508 e. The van der Waals surface area contributed by atoms with E-state index in [0.717, 1.165) is 24.5 Å². The summed E-state index contributed by atoms with van der Waals surface area (Å²) in [7, 11) is 0. The Morgan fingerprint density at radius 2 is 1.83 bits per heavy atom. The maximum absolute atomic E-state index is 12.9. The number of aromatic hydroxyl groups is 1. The fourth-order valence-corrected chi connectivity index (χ4v) is 2.50. The molecule has 1 aromatic rings. The van der Waals surface area contributed by atoms with E-state index >= 15 is 0 Å². The largest absolute Gasteiger partial charge is 0.508 e. The van der Waals surface area contributed by atoms with E-state index in [0.29, 0.717) is 12.0 Å². The smallest absolute Gasteiger partial charge is 0.126 e. The Morgan fingerprint density at radius 3 is 2.33 bits per heavy atom. The first kappa shape index (κ1) is 15.0. The first-order chi connectivity index (χ1) is 8.49. The number of hydrogen-bond acceptors (Lipinski definition) is 2. The van der Waals surface area contributed by atoms with E-state index in [-0.39, 0.29) is 11.8 Å². The summed E-state index contributed by atoms with van der Waals surface area (Å²) in [6.07, 6.45) is 2.26. The minimum atomic E-state index is -0.406. The lowest BCUT2D eigenvalue weighted by molar-refractivity contribution is 0.326. The summed E-state index contributed by atoms with van der Waals surface area (Å²) < 4.78 is 12.9. The van der Waals surface area contributed by atoms with Gasteiger partial charge in [0.05, 0.1) is 0 Å². The van der Waals surface area contributed by atoms with Gasteiger partial charge < -0.3 is 10.4 Å². The van der Waals surface area contributed by atoms with Crippen molar-refractivity contribution in [3.63, 3.8) is 0 Å². The van der Waals surface area contributed by atoms with Crippen LogP contribution in [0.15, 0.2) is 18.2 Å². The van der Waals surface area contributed by atoms with Crippen molar-refractivity contribution < 1.29 is 9.50 Å². The predicted octanol–water partition coefficient (Wildman–Crippen LogP) is 4.01. The fourth-order valence-electron chi connectivity index (χ4n) is 2.50. The molecule has 0 radical (unpaired) electrons. The van der Waals surface area contributed by atoms with E-state index < -0.39 is 5.82 Å². The molecule has 2 N–H and O–H groups in total. The van der Waals surface area contributed by atoms with Gasteiger partial charge in [0.2, 0.25) is 0 Å². The zero-order valence-corrected chi connectivity index (χ0v) is 11.7. The van der Waals surface area contributed by atoms with Crippen molar-refractivity contribution in [3.05, 3.63) is 29.6 Å². The highest BCUT2D eigenvalue weighted by molar-refractivity contribution is 5.34. The molecule has 0 saturated heterocycles. The molecule has 0 saturated carbocycles. The zero-order valence-electron chi connectivity index (χ0n) is 11.7. The summed E-state index contributed by atoms with van der Waals surface area (Å²) in [5.74, 6) is 0.235.